The third kappa shape index (κ3) is 3.60. The normalized spacial score (nSPS) is 21.9. The Kier molecular flexibility index (Phi) is 5.04. The minimum Gasteiger partial charge on any atom is -0.338 e. The summed E-state index contributed by atoms with van der Waals surface area (Å²) in [5, 5.41) is 7.42. The van der Waals surface area contributed by atoms with Crippen LogP contribution in [0.1, 0.15) is 54.9 Å². The minimum atomic E-state index is 0.0355. The van der Waals surface area contributed by atoms with E-state index < -0.39 is 0 Å². The summed E-state index contributed by atoms with van der Waals surface area (Å²) in [5.74, 6) is 0.287. The molecular formula is C21H31N5O2. The average molecular weight is 386 g/mol. The Bertz CT molecular complexity index is 800. The Labute approximate surface area is 166 Å². The first-order valence-corrected chi connectivity index (χ1v) is 10.3. The van der Waals surface area contributed by atoms with Crippen LogP contribution in [0.4, 0.5) is 0 Å². The number of hydrogen-bond donors (Lipinski definition) is 1. The maximum atomic E-state index is 13.1. The molecule has 0 bridgehead atoms. The number of rotatable bonds is 3. The molecule has 0 saturated carbocycles. The van der Waals surface area contributed by atoms with Gasteiger partial charge >= 0.3 is 0 Å². The summed E-state index contributed by atoms with van der Waals surface area (Å²) in [6, 6.07) is 0. The summed E-state index contributed by atoms with van der Waals surface area (Å²) in [4.78, 5) is 31.7. The SMILES string of the molecule is CC(C)=CCN1CC2(CCN(C(=O)c3n[nH]c4c3CN(C)CC4)CC2)CC1=O. The molecule has 4 rings (SSSR count). The molecule has 1 aromatic heterocycles. The highest BCUT2D eigenvalue weighted by atomic mass is 16.2. The summed E-state index contributed by atoms with van der Waals surface area (Å²) in [6.45, 7) is 8.83. The van der Waals surface area contributed by atoms with E-state index in [4.69, 9.17) is 0 Å². The van der Waals surface area contributed by atoms with Gasteiger partial charge in [-0.2, -0.15) is 5.10 Å². The van der Waals surface area contributed by atoms with Crippen molar-refractivity contribution in [2.75, 3.05) is 39.8 Å². The zero-order chi connectivity index (χ0) is 19.9. The summed E-state index contributed by atoms with van der Waals surface area (Å²) >= 11 is 0. The van der Waals surface area contributed by atoms with Crippen molar-refractivity contribution < 1.29 is 9.59 Å². The van der Waals surface area contributed by atoms with Gasteiger partial charge in [-0.15, -0.1) is 0 Å². The predicted octanol–water partition coefficient (Wildman–Crippen LogP) is 1.82. The van der Waals surface area contributed by atoms with Crippen molar-refractivity contribution in [2.24, 2.45) is 5.41 Å². The van der Waals surface area contributed by atoms with E-state index >= 15 is 0 Å². The number of nitrogens with zero attached hydrogens (tertiary/aromatic N) is 4. The number of hydrogen-bond acceptors (Lipinski definition) is 4. The van der Waals surface area contributed by atoms with Crippen LogP contribution in [0.3, 0.4) is 0 Å². The maximum Gasteiger partial charge on any atom is 0.274 e. The van der Waals surface area contributed by atoms with Crippen molar-refractivity contribution in [3.05, 3.63) is 28.6 Å². The van der Waals surface area contributed by atoms with Crippen molar-refractivity contribution >= 4 is 11.8 Å². The van der Waals surface area contributed by atoms with E-state index in [9.17, 15) is 9.59 Å². The van der Waals surface area contributed by atoms with Gasteiger partial charge in [0, 0.05) is 68.8 Å². The van der Waals surface area contributed by atoms with E-state index in [1.165, 1.54) is 5.57 Å². The van der Waals surface area contributed by atoms with Crippen molar-refractivity contribution in [3.8, 4) is 0 Å². The topological polar surface area (TPSA) is 72.5 Å². The summed E-state index contributed by atoms with van der Waals surface area (Å²) in [7, 11) is 2.08. The molecule has 1 spiro atoms. The van der Waals surface area contributed by atoms with Gasteiger partial charge in [0.05, 0.1) is 0 Å². The van der Waals surface area contributed by atoms with Gasteiger partial charge in [0.15, 0.2) is 5.69 Å². The molecule has 3 aliphatic rings. The second-order valence-electron chi connectivity index (χ2n) is 9.04. The molecule has 3 aliphatic heterocycles. The third-order valence-corrected chi connectivity index (χ3v) is 6.56. The fourth-order valence-electron chi connectivity index (χ4n) is 4.72. The average Bonchev–Trinajstić information content (AvgIpc) is 3.20. The van der Waals surface area contributed by atoms with Crippen LogP contribution in [-0.2, 0) is 17.8 Å². The van der Waals surface area contributed by atoms with Crippen LogP contribution in [0, 0.1) is 5.41 Å². The van der Waals surface area contributed by atoms with Crippen molar-refractivity contribution in [2.45, 2.75) is 46.1 Å². The number of carbonyl (C=O) groups excluding carboxylic acids is 2. The minimum absolute atomic E-state index is 0.0355. The molecule has 152 valence electrons. The van der Waals surface area contributed by atoms with Gasteiger partial charge in [-0.25, -0.2) is 0 Å². The number of likely N-dealkylation sites (tertiary alicyclic amines) is 2. The highest BCUT2D eigenvalue weighted by Crippen LogP contribution is 2.41. The lowest BCUT2D eigenvalue weighted by Crippen LogP contribution is -2.44. The molecule has 0 atom stereocenters. The molecule has 2 amide bonds. The Morgan fingerprint density at radius 3 is 2.71 bits per heavy atom. The van der Waals surface area contributed by atoms with E-state index in [0.29, 0.717) is 31.7 Å². The fourth-order valence-corrected chi connectivity index (χ4v) is 4.72. The number of fused-ring (bicyclic) bond motifs is 1. The van der Waals surface area contributed by atoms with Gasteiger partial charge in [-0.05, 0) is 33.7 Å². The molecule has 7 nitrogen and oxygen atoms in total. The molecule has 2 fully saturated rings. The second kappa shape index (κ2) is 7.35. The summed E-state index contributed by atoms with van der Waals surface area (Å²) < 4.78 is 0. The lowest BCUT2D eigenvalue weighted by molar-refractivity contribution is -0.127. The largest absolute Gasteiger partial charge is 0.338 e. The van der Waals surface area contributed by atoms with Gasteiger partial charge < -0.3 is 14.7 Å². The summed E-state index contributed by atoms with van der Waals surface area (Å²) in [6.07, 6.45) is 5.44. The first kappa shape index (κ1) is 19.2. The lowest BCUT2D eigenvalue weighted by Gasteiger charge is -2.38. The Morgan fingerprint density at radius 2 is 2.00 bits per heavy atom. The first-order valence-electron chi connectivity index (χ1n) is 10.3. The number of allylic oxidation sites excluding steroid dienone is 1. The quantitative estimate of drug-likeness (QED) is 0.806. The standard InChI is InChI=1S/C21H31N5O2/c1-15(2)4-9-26-14-21(12-18(26)27)6-10-25(11-7-21)20(28)19-16-13-24(3)8-5-17(16)22-23-19/h4H,5-14H2,1-3H3,(H,22,23). The third-order valence-electron chi connectivity index (χ3n) is 6.56. The molecule has 2 saturated heterocycles. The zero-order valence-corrected chi connectivity index (χ0v) is 17.3. The van der Waals surface area contributed by atoms with Crippen LogP contribution >= 0.6 is 0 Å². The van der Waals surface area contributed by atoms with Crippen LogP contribution in [-0.4, -0.2) is 76.5 Å². The number of aromatic nitrogens is 2. The predicted molar refractivity (Wildman–Crippen MR) is 107 cm³/mol. The Morgan fingerprint density at radius 1 is 1.25 bits per heavy atom. The van der Waals surface area contributed by atoms with Crippen LogP contribution in [0.2, 0.25) is 0 Å². The van der Waals surface area contributed by atoms with Crippen LogP contribution in [0.5, 0.6) is 0 Å². The van der Waals surface area contributed by atoms with Gasteiger partial charge in [0.2, 0.25) is 5.91 Å². The highest BCUT2D eigenvalue weighted by molar-refractivity contribution is 5.94. The number of piperidine rings is 1. The van der Waals surface area contributed by atoms with Crippen LogP contribution in [0.15, 0.2) is 11.6 Å². The van der Waals surface area contributed by atoms with E-state index in [0.717, 1.165) is 50.2 Å². The molecule has 1 N–H and O–H groups in total. The summed E-state index contributed by atoms with van der Waals surface area (Å²) in [5.41, 5.74) is 4.02. The smallest absolute Gasteiger partial charge is 0.274 e. The van der Waals surface area contributed by atoms with Crippen molar-refractivity contribution in [3.63, 3.8) is 0 Å². The molecule has 4 heterocycles. The van der Waals surface area contributed by atoms with Crippen molar-refractivity contribution in [1.29, 1.82) is 0 Å². The molecular weight excluding hydrogens is 354 g/mol. The van der Waals surface area contributed by atoms with E-state index in [1.807, 2.05) is 9.80 Å². The molecule has 0 radical (unpaired) electrons. The zero-order valence-electron chi connectivity index (χ0n) is 17.3. The van der Waals surface area contributed by atoms with Gasteiger partial charge in [0.25, 0.3) is 5.91 Å². The highest BCUT2D eigenvalue weighted by Gasteiger charge is 2.45. The number of aromatic amines is 1. The molecule has 0 aliphatic carbocycles. The fraction of sp³-hybridized carbons (Fsp3) is 0.667. The monoisotopic (exact) mass is 385 g/mol. The number of carbonyl (C=O) groups is 2. The molecule has 0 unspecified atom stereocenters. The Balaban J connectivity index is 1.40. The van der Waals surface area contributed by atoms with Crippen LogP contribution < -0.4 is 0 Å². The second-order valence-corrected chi connectivity index (χ2v) is 9.04. The number of likely N-dealkylation sites (N-methyl/N-ethyl adjacent to an activating group) is 1. The van der Waals surface area contributed by atoms with Gasteiger partial charge in [-0.1, -0.05) is 11.6 Å². The van der Waals surface area contributed by atoms with E-state index in [2.05, 4.69) is 42.1 Å². The number of nitrogens with one attached hydrogen (secondary N) is 1. The Hall–Kier alpha value is -2.15. The maximum absolute atomic E-state index is 13.1. The first-order chi connectivity index (χ1) is 13.4. The van der Waals surface area contributed by atoms with Gasteiger partial charge in [-0.3, -0.25) is 14.7 Å². The molecule has 7 heteroatoms. The number of amides is 2. The molecule has 0 aromatic carbocycles. The van der Waals surface area contributed by atoms with E-state index in [1.54, 1.807) is 0 Å². The lowest BCUT2D eigenvalue weighted by atomic mass is 9.77. The molecule has 28 heavy (non-hydrogen) atoms. The van der Waals surface area contributed by atoms with Gasteiger partial charge in [0.1, 0.15) is 0 Å². The van der Waals surface area contributed by atoms with Crippen LogP contribution in [0.25, 0.3) is 0 Å². The molecule has 1 aromatic rings. The van der Waals surface area contributed by atoms with Crippen molar-refractivity contribution in [1.82, 2.24) is 24.9 Å². The van der Waals surface area contributed by atoms with E-state index in [-0.39, 0.29) is 17.2 Å². The number of H-pyrrole nitrogens is 1.